The standard InChI is InChI=1S/C25H29N3OS/c29-25(26-14-6-9-20-7-2-1-3-8-20)27-17-24(23-13-16-30-19-23)28-15-12-21-10-4-5-11-22(21)18-28/h1-5,7-8,10-11,13,16,19,24H,6,9,12,14-15,17-18H2,(H2,26,27,29). The topological polar surface area (TPSA) is 44.4 Å². The van der Waals surface area contributed by atoms with Crippen LogP contribution in [-0.2, 0) is 19.4 Å². The number of rotatable bonds is 8. The molecule has 1 unspecified atom stereocenters. The molecule has 4 nitrogen and oxygen atoms in total. The van der Waals surface area contributed by atoms with E-state index in [1.807, 2.05) is 6.07 Å². The summed E-state index contributed by atoms with van der Waals surface area (Å²) in [6.07, 6.45) is 2.97. The fraction of sp³-hybridized carbons (Fsp3) is 0.320. The highest BCUT2D eigenvalue weighted by Crippen LogP contribution is 2.28. The zero-order valence-corrected chi connectivity index (χ0v) is 18.0. The van der Waals surface area contributed by atoms with Gasteiger partial charge in [0, 0.05) is 26.2 Å². The molecule has 2 N–H and O–H groups in total. The summed E-state index contributed by atoms with van der Waals surface area (Å²) in [5.41, 5.74) is 5.43. The Hall–Kier alpha value is -2.63. The van der Waals surface area contributed by atoms with Crippen LogP contribution in [0.3, 0.4) is 0 Å². The lowest BCUT2D eigenvalue weighted by atomic mass is 9.97. The lowest BCUT2D eigenvalue weighted by Gasteiger charge is -2.35. The SMILES string of the molecule is O=C(NCCCc1ccccc1)NCC(c1ccsc1)N1CCc2ccccc2C1. The summed E-state index contributed by atoms with van der Waals surface area (Å²) < 4.78 is 0. The Morgan fingerprint density at radius 1 is 1.00 bits per heavy atom. The van der Waals surface area contributed by atoms with Crippen molar-refractivity contribution in [2.45, 2.75) is 31.8 Å². The summed E-state index contributed by atoms with van der Waals surface area (Å²) in [4.78, 5) is 14.9. The van der Waals surface area contributed by atoms with E-state index in [2.05, 4.69) is 80.9 Å². The Labute approximate surface area is 182 Å². The van der Waals surface area contributed by atoms with E-state index in [0.717, 1.165) is 32.4 Å². The molecule has 3 aromatic rings. The van der Waals surface area contributed by atoms with Crippen molar-refractivity contribution in [2.75, 3.05) is 19.6 Å². The zero-order valence-electron chi connectivity index (χ0n) is 17.2. The normalized spacial score (nSPS) is 14.7. The minimum atomic E-state index is -0.0827. The zero-order chi connectivity index (χ0) is 20.6. The van der Waals surface area contributed by atoms with Gasteiger partial charge in [-0.15, -0.1) is 0 Å². The number of carbonyl (C=O) groups is 1. The molecule has 0 saturated carbocycles. The van der Waals surface area contributed by atoms with Crippen LogP contribution >= 0.6 is 11.3 Å². The highest BCUT2D eigenvalue weighted by Gasteiger charge is 2.25. The van der Waals surface area contributed by atoms with Gasteiger partial charge in [-0.05, 0) is 58.3 Å². The molecule has 4 rings (SSSR count). The van der Waals surface area contributed by atoms with E-state index in [9.17, 15) is 4.79 Å². The van der Waals surface area contributed by atoms with Crippen LogP contribution in [-0.4, -0.2) is 30.6 Å². The summed E-state index contributed by atoms with van der Waals surface area (Å²) in [7, 11) is 0. The number of urea groups is 1. The van der Waals surface area contributed by atoms with Crippen LogP contribution in [0.25, 0.3) is 0 Å². The van der Waals surface area contributed by atoms with E-state index in [1.165, 1.54) is 22.3 Å². The van der Waals surface area contributed by atoms with Gasteiger partial charge in [0.15, 0.2) is 0 Å². The van der Waals surface area contributed by atoms with E-state index >= 15 is 0 Å². The second-order valence-corrected chi connectivity index (χ2v) is 8.57. The molecule has 1 aliphatic heterocycles. The molecular formula is C25H29N3OS. The predicted molar refractivity (Wildman–Crippen MR) is 124 cm³/mol. The minimum Gasteiger partial charge on any atom is -0.338 e. The molecule has 1 aliphatic rings. The first-order valence-electron chi connectivity index (χ1n) is 10.7. The number of carbonyl (C=O) groups excluding carboxylic acids is 1. The maximum absolute atomic E-state index is 12.4. The van der Waals surface area contributed by atoms with E-state index in [-0.39, 0.29) is 12.1 Å². The van der Waals surface area contributed by atoms with Gasteiger partial charge >= 0.3 is 6.03 Å². The fourth-order valence-corrected chi connectivity index (χ4v) is 4.80. The number of amides is 2. The van der Waals surface area contributed by atoms with Crippen LogP contribution in [0.4, 0.5) is 4.79 Å². The van der Waals surface area contributed by atoms with Crippen molar-refractivity contribution >= 4 is 17.4 Å². The van der Waals surface area contributed by atoms with Gasteiger partial charge in [-0.3, -0.25) is 4.90 Å². The van der Waals surface area contributed by atoms with E-state index in [4.69, 9.17) is 0 Å². The molecule has 1 atom stereocenters. The van der Waals surface area contributed by atoms with Crippen molar-refractivity contribution in [3.8, 4) is 0 Å². The molecule has 5 heteroatoms. The summed E-state index contributed by atoms with van der Waals surface area (Å²) in [5.74, 6) is 0. The molecule has 1 aromatic heterocycles. The van der Waals surface area contributed by atoms with Crippen molar-refractivity contribution in [1.82, 2.24) is 15.5 Å². The van der Waals surface area contributed by atoms with Crippen molar-refractivity contribution < 1.29 is 4.79 Å². The summed E-state index contributed by atoms with van der Waals surface area (Å²) in [6.45, 7) is 3.24. The van der Waals surface area contributed by atoms with E-state index < -0.39 is 0 Å². The third-order valence-corrected chi connectivity index (χ3v) is 6.46. The first kappa shape index (κ1) is 20.6. The molecule has 156 valence electrons. The Kier molecular flexibility index (Phi) is 7.16. The maximum atomic E-state index is 12.4. The second kappa shape index (κ2) is 10.4. The largest absolute Gasteiger partial charge is 0.338 e. The van der Waals surface area contributed by atoms with Gasteiger partial charge in [-0.1, -0.05) is 54.6 Å². The molecule has 0 saturated heterocycles. The lowest BCUT2D eigenvalue weighted by molar-refractivity contribution is 0.174. The Morgan fingerprint density at radius 2 is 1.80 bits per heavy atom. The van der Waals surface area contributed by atoms with Crippen LogP contribution in [0.2, 0.25) is 0 Å². The summed E-state index contributed by atoms with van der Waals surface area (Å²) >= 11 is 1.71. The van der Waals surface area contributed by atoms with Gasteiger partial charge in [0.2, 0.25) is 0 Å². The summed E-state index contributed by atoms with van der Waals surface area (Å²) in [6, 6.07) is 21.4. The van der Waals surface area contributed by atoms with Crippen molar-refractivity contribution in [2.24, 2.45) is 0 Å². The van der Waals surface area contributed by atoms with Gasteiger partial charge in [-0.25, -0.2) is 4.79 Å². The first-order chi connectivity index (χ1) is 14.8. The molecule has 30 heavy (non-hydrogen) atoms. The minimum absolute atomic E-state index is 0.0827. The second-order valence-electron chi connectivity index (χ2n) is 7.79. The van der Waals surface area contributed by atoms with Crippen molar-refractivity contribution in [3.05, 3.63) is 93.7 Å². The monoisotopic (exact) mass is 419 g/mol. The van der Waals surface area contributed by atoms with Crippen LogP contribution in [0.1, 0.15) is 34.7 Å². The number of nitrogens with zero attached hydrogens (tertiary/aromatic N) is 1. The smallest absolute Gasteiger partial charge is 0.314 e. The quantitative estimate of drug-likeness (QED) is 0.516. The first-order valence-corrected chi connectivity index (χ1v) is 11.6. The van der Waals surface area contributed by atoms with E-state index in [0.29, 0.717) is 13.1 Å². The molecule has 2 amide bonds. The number of hydrogen-bond acceptors (Lipinski definition) is 3. The molecule has 2 aromatic carbocycles. The number of thiophene rings is 1. The molecule has 0 fully saturated rings. The lowest BCUT2D eigenvalue weighted by Crippen LogP contribution is -2.43. The molecule has 0 radical (unpaired) electrons. The molecule has 0 spiro atoms. The average molecular weight is 420 g/mol. The van der Waals surface area contributed by atoms with Gasteiger partial charge < -0.3 is 10.6 Å². The number of benzene rings is 2. The van der Waals surface area contributed by atoms with Gasteiger partial charge in [0.1, 0.15) is 0 Å². The number of fused-ring (bicyclic) bond motifs is 1. The average Bonchev–Trinajstić information content (AvgIpc) is 3.32. The number of hydrogen-bond donors (Lipinski definition) is 2. The van der Waals surface area contributed by atoms with Crippen LogP contribution in [0, 0.1) is 0 Å². The van der Waals surface area contributed by atoms with E-state index in [1.54, 1.807) is 11.3 Å². The third-order valence-electron chi connectivity index (χ3n) is 5.76. The van der Waals surface area contributed by atoms with Crippen LogP contribution < -0.4 is 10.6 Å². The Balaban J connectivity index is 1.28. The highest BCUT2D eigenvalue weighted by molar-refractivity contribution is 7.07. The van der Waals surface area contributed by atoms with Crippen molar-refractivity contribution in [1.29, 1.82) is 0 Å². The molecular weight excluding hydrogens is 390 g/mol. The summed E-state index contributed by atoms with van der Waals surface area (Å²) in [5, 5.41) is 10.4. The number of nitrogens with one attached hydrogen (secondary N) is 2. The van der Waals surface area contributed by atoms with Gasteiger partial charge in [0.25, 0.3) is 0 Å². The maximum Gasteiger partial charge on any atom is 0.314 e. The molecule has 0 aliphatic carbocycles. The molecule has 0 bridgehead atoms. The molecule has 2 heterocycles. The third kappa shape index (κ3) is 5.49. The Morgan fingerprint density at radius 3 is 2.60 bits per heavy atom. The van der Waals surface area contributed by atoms with Crippen LogP contribution in [0.5, 0.6) is 0 Å². The highest BCUT2D eigenvalue weighted by atomic mass is 32.1. The fourth-order valence-electron chi connectivity index (χ4n) is 4.10. The van der Waals surface area contributed by atoms with Gasteiger partial charge in [0.05, 0.1) is 6.04 Å². The Bertz CT molecular complexity index is 927. The van der Waals surface area contributed by atoms with Crippen LogP contribution in [0.15, 0.2) is 71.4 Å². The predicted octanol–water partition coefficient (Wildman–Crippen LogP) is 4.78. The van der Waals surface area contributed by atoms with Gasteiger partial charge in [-0.2, -0.15) is 11.3 Å². The van der Waals surface area contributed by atoms with Crippen molar-refractivity contribution in [3.63, 3.8) is 0 Å². The number of aryl methyl sites for hydroxylation is 1.